The fourth-order valence-electron chi connectivity index (χ4n) is 1.04. The molecule has 0 bridgehead atoms. The van der Waals surface area contributed by atoms with Crippen LogP contribution >= 0.6 is 0 Å². The molecule has 0 amide bonds. The Balaban J connectivity index is 3.04. The third-order valence-electron chi connectivity index (χ3n) is 1.85. The average molecular weight is 245 g/mol. The number of aliphatic hydroxyl groups is 1. The number of anilines is 1. The molecule has 0 saturated heterocycles. The summed E-state index contributed by atoms with van der Waals surface area (Å²) in [6.07, 6.45) is 2.56. The van der Waals surface area contributed by atoms with Crippen LogP contribution in [0.1, 0.15) is 13.8 Å². The van der Waals surface area contributed by atoms with Gasteiger partial charge in [-0.1, -0.05) is 0 Å². The molecule has 0 aliphatic heterocycles. The second kappa shape index (κ2) is 4.36. The molecule has 1 aromatic rings. The number of pyridine rings is 1. The first-order valence-corrected chi connectivity index (χ1v) is 6.10. The summed E-state index contributed by atoms with van der Waals surface area (Å²) in [7, 11) is -3.71. The SMILES string of the molecule is CC(C)(CO)NS(=O)(=O)c1cncc(N)c1. The van der Waals surface area contributed by atoms with E-state index in [1.54, 1.807) is 13.8 Å². The average Bonchev–Trinajstić information content (AvgIpc) is 2.16. The highest BCUT2D eigenvalue weighted by Gasteiger charge is 2.25. The van der Waals surface area contributed by atoms with Gasteiger partial charge in [-0.2, -0.15) is 0 Å². The molecule has 90 valence electrons. The monoisotopic (exact) mass is 245 g/mol. The highest BCUT2D eigenvalue weighted by atomic mass is 32.2. The minimum absolute atomic E-state index is 0.0194. The van der Waals surface area contributed by atoms with E-state index >= 15 is 0 Å². The molecule has 0 aromatic carbocycles. The van der Waals surface area contributed by atoms with E-state index in [0.29, 0.717) is 0 Å². The zero-order valence-electron chi connectivity index (χ0n) is 9.14. The standard InChI is InChI=1S/C9H15N3O3S/c1-9(2,6-13)12-16(14,15)8-3-7(10)4-11-5-8/h3-5,12-13H,6,10H2,1-2H3. The van der Waals surface area contributed by atoms with Gasteiger partial charge in [0.25, 0.3) is 0 Å². The van der Waals surface area contributed by atoms with Crippen LogP contribution < -0.4 is 10.5 Å². The van der Waals surface area contributed by atoms with Gasteiger partial charge in [-0.3, -0.25) is 4.98 Å². The molecule has 1 aromatic heterocycles. The minimum Gasteiger partial charge on any atom is -0.397 e. The summed E-state index contributed by atoms with van der Waals surface area (Å²) in [6.45, 7) is 2.84. The Morgan fingerprint density at radius 2 is 2.12 bits per heavy atom. The number of rotatable bonds is 4. The van der Waals surface area contributed by atoms with Crippen LogP contribution in [0.2, 0.25) is 0 Å². The molecule has 7 heteroatoms. The van der Waals surface area contributed by atoms with Crippen LogP contribution in [-0.2, 0) is 10.0 Å². The van der Waals surface area contributed by atoms with Crippen LogP contribution in [0.25, 0.3) is 0 Å². The first-order valence-electron chi connectivity index (χ1n) is 4.62. The maximum atomic E-state index is 11.8. The molecule has 0 aliphatic rings. The van der Waals surface area contributed by atoms with Crippen LogP contribution in [0.5, 0.6) is 0 Å². The van der Waals surface area contributed by atoms with Crippen molar-refractivity contribution in [1.82, 2.24) is 9.71 Å². The largest absolute Gasteiger partial charge is 0.397 e. The lowest BCUT2D eigenvalue weighted by Crippen LogP contribution is -2.46. The molecule has 0 unspecified atom stereocenters. The minimum atomic E-state index is -3.71. The second-order valence-corrected chi connectivity index (χ2v) is 5.78. The van der Waals surface area contributed by atoms with Crippen molar-refractivity contribution >= 4 is 15.7 Å². The van der Waals surface area contributed by atoms with Crippen LogP contribution in [0.3, 0.4) is 0 Å². The number of sulfonamides is 1. The normalized spacial score (nSPS) is 12.7. The van der Waals surface area contributed by atoms with E-state index < -0.39 is 15.6 Å². The summed E-state index contributed by atoms with van der Waals surface area (Å²) in [5, 5.41) is 8.99. The second-order valence-electron chi connectivity index (χ2n) is 4.10. The lowest BCUT2D eigenvalue weighted by molar-refractivity contribution is 0.208. The van der Waals surface area contributed by atoms with Crippen molar-refractivity contribution in [1.29, 1.82) is 0 Å². The Kier molecular flexibility index (Phi) is 3.51. The predicted octanol–water partition coefficient (Wildman–Crippen LogP) is -0.287. The molecule has 16 heavy (non-hydrogen) atoms. The van der Waals surface area contributed by atoms with Crippen molar-refractivity contribution in [3.8, 4) is 0 Å². The van der Waals surface area contributed by atoms with Crippen molar-refractivity contribution in [2.75, 3.05) is 12.3 Å². The molecule has 0 fully saturated rings. The van der Waals surface area contributed by atoms with E-state index in [4.69, 9.17) is 10.8 Å². The first kappa shape index (κ1) is 12.9. The fraction of sp³-hybridized carbons (Fsp3) is 0.444. The van der Waals surface area contributed by atoms with Gasteiger partial charge in [-0.25, -0.2) is 13.1 Å². The molecule has 1 heterocycles. The number of nitrogens with two attached hydrogens (primary N) is 1. The highest BCUT2D eigenvalue weighted by Crippen LogP contribution is 2.13. The zero-order chi connectivity index (χ0) is 12.4. The summed E-state index contributed by atoms with van der Waals surface area (Å²) in [5.41, 5.74) is 4.79. The van der Waals surface area contributed by atoms with Crippen molar-refractivity contribution < 1.29 is 13.5 Å². The number of hydrogen-bond acceptors (Lipinski definition) is 5. The summed E-state index contributed by atoms with van der Waals surface area (Å²) >= 11 is 0. The van der Waals surface area contributed by atoms with Crippen molar-refractivity contribution in [3.05, 3.63) is 18.5 Å². The van der Waals surface area contributed by atoms with Gasteiger partial charge in [0.15, 0.2) is 0 Å². The summed E-state index contributed by atoms with van der Waals surface area (Å²) in [6, 6.07) is 1.31. The van der Waals surface area contributed by atoms with Crippen molar-refractivity contribution in [3.63, 3.8) is 0 Å². The summed E-state index contributed by atoms with van der Waals surface area (Å²) in [5.74, 6) is 0. The number of nitrogens with one attached hydrogen (secondary N) is 1. The maximum Gasteiger partial charge on any atom is 0.242 e. The molecule has 0 radical (unpaired) electrons. The summed E-state index contributed by atoms with van der Waals surface area (Å²) < 4.78 is 26.0. The fourth-order valence-corrected chi connectivity index (χ4v) is 2.44. The van der Waals surface area contributed by atoms with Gasteiger partial charge >= 0.3 is 0 Å². The molecular weight excluding hydrogens is 230 g/mol. The van der Waals surface area contributed by atoms with E-state index in [0.717, 1.165) is 0 Å². The van der Waals surface area contributed by atoms with E-state index in [1.807, 2.05) is 0 Å². The lowest BCUT2D eigenvalue weighted by Gasteiger charge is -2.23. The number of aliphatic hydroxyl groups excluding tert-OH is 1. The maximum absolute atomic E-state index is 11.8. The third kappa shape index (κ3) is 3.16. The van der Waals surface area contributed by atoms with Crippen LogP contribution in [0, 0.1) is 0 Å². The van der Waals surface area contributed by atoms with E-state index in [2.05, 4.69) is 9.71 Å². The van der Waals surface area contributed by atoms with Gasteiger partial charge in [0.05, 0.1) is 17.8 Å². The Hall–Kier alpha value is -1.18. The molecular formula is C9H15N3O3S. The van der Waals surface area contributed by atoms with Crippen molar-refractivity contribution in [2.24, 2.45) is 0 Å². The Labute approximate surface area is 94.6 Å². The molecule has 0 spiro atoms. The van der Waals surface area contributed by atoms with Crippen molar-refractivity contribution in [2.45, 2.75) is 24.3 Å². The Morgan fingerprint density at radius 1 is 1.50 bits per heavy atom. The van der Waals surface area contributed by atoms with E-state index in [9.17, 15) is 8.42 Å². The number of nitrogen functional groups attached to an aromatic ring is 1. The third-order valence-corrected chi connectivity index (χ3v) is 3.52. The van der Waals surface area contributed by atoms with Gasteiger partial charge in [-0.15, -0.1) is 0 Å². The Morgan fingerprint density at radius 3 is 2.62 bits per heavy atom. The van der Waals surface area contributed by atoms with Gasteiger partial charge in [0.1, 0.15) is 4.90 Å². The lowest BCUT2D eigenvalue weighted by atomic mass is 10.1. The number of hydrogen-bond donors (Lipinski definition) is 3. The first-order chi connectivity index (χ1) is 7.27. The van der Waals surface area contributed by atoms with Crippen LogP contribution in [0.4, 0.5) is 5.69 Å². The molecule has 4 N–H and O–H groups in total. The van der Waals surface area contributed by atoms with E-state index in [1.165, 1.54) is 18.5 Å². The number of nitrogens with zero attached hydrogens (tertiary/aromatic N) is 1. The molecule has 1 rings (SSSR count). The number of aromatic nitrogens is 1. The molecule has 0 aliphatic carbocycles. The smallest absolute Gasteiger partial charge is 0.242 e. The molecule has 6 nitrogen and oxygen atoms in total. The topological polar surface area (TPSA) is 105 Å². The highest BCUT2D eigenvalue weighted by molar-refractivity contribution is 7.89. The summed E-state index contributed by atoms with van der Waals surface area (Å²) in [4.78, 5) is 3.68. The zero-order valence-corrected chi connectivity index (χ0v) is 9.95. The van der Waals surface area contributed by atoms with Gasteiger partial charge in [0.2, 0.25) is 10.0 Å². The van der Waals surface area contributed by atoms with Gasteiger partial charge in [-0.05, 0) is 19.9 Å². The quantitative estimate of drug-likeness (QED) is 0.676. The predicted molar refractivity (Wildman–Crippen MR) is 60.1 cm³/mol. The van der Waals surface area contributed by atoms with Gasteiger partial charge in [0, 0.05) is 12.4 Å². The molecule has 0 atom stereocenters. The van der Waals surface area contributed by atoms with Crippen LogP contribution in [0.15, 0.2) is 23.4 Å². The van der Waals surface area contributed by atoms with E-state index in [-0.39, 0.29) is 17.2 Å². The molecule has 0 saturated carbocycles. The van der Waals surface area contributed by atoms with Crippen LogP contribution in [-0.4, -0.2) is 30.7 Å². The Bertz CT molecular complexity index is 471. The van der Waals surface area contributed by atoms with Gasteiger partial charge < -0.3 is 10.8 Å².